The average molecular weight is 445 g/mol. The zero-order chi connectivity index (χ0) is 22.1. The summed E-state index contributed by atoms with van der Waals surface area (Å²) >= 11 is 1.32. The molecule has 32 heavy (non-hydrogen) atoms. The molecule has 0 bridgehead atoms. The van der Waals surface area contributed by atoms with Crippen molar-refractivity contribution in [2.24, 2.45) is 0 Å². The summed E-state index contributed by atoms with van der Waals surface area (Å²) in [5, 5.41) is 16.8. The molecule has 160 valence electrons. The third-order valence-corrected chi connectivity index (χ3v) is 5.99. The van der Waals surface area contributed by atoms with Crippen LogP contribution in [0.2, 0.25) is 0 Å². The number of ether oxygens (including phenoxy) is 1. The molecular formula is C23H20N6O2S. The number of carbonyl (C=O) groups excluding carboxylic acids is 1. The molecule has 0 aliphatic carbocycles. The number of hydrogen-bond acceptors (Lipinski definition) is 6. The van der Waals surface area contributed by atoms with Crippen LogP contribution in [-0.4, -0.2) is 43.0 Å². The average Bonchev–Trinajstić information content (AvgIpc) is 3.42. The number of nitrogens with one attached hydrogen (secondary N) is 1. The maximum atomic E-state index is 12.4. The summed E-state index contributed by atoms with van der Waals surface area (Å²) in [5.74, 6) is 0.660. The highest BCUT2D eigenvalue weighted by atomic mass is 32.2. The van der Waals surface area contributed by atoms with Gasteiger partial charge >= 0.3 is 0 Å². The third kappa shape index (κ3) is 3.78. The fourth-order valence-corrected chi connectivity index (χ4v) is 4.14. The molecule has 5 rings (SSSR count). The van der Waals surface area contributed by atoms with Crippen molar-refractivity contribution in [3.05, 3.63) is 72.6 Å². The van der Waals surface area contributed by atoms with Gasteiger partial charge in [-0.25, -0.2) is 4.52 Å². The zero-order valence-corrected chi connectivity index (χ0v) is 18.3. The lowest BCUT2D eigenvalue weighted by molar-refractivity contribution is -0.113. The first-order valence-electron chi connectivity index (χ1n) is 9.98. The highest BCUT2D eigenvalue weighted by Crippen LogP contribution is 2.26. The Kier molecular flexibility index (Phi) is 5.24. The molecule has 9 heteroatoms. The third-order valence-electron chi connectivity index (χ3n) is 5.05. The van der Waals surface area contributed by atoms with E-state index in [0.29, 0.717) is 22.2 Å². The number of carbonyl (C=O) groups is 1. The van der Waals surface area contributed by atoms with Crippen molar-refractivity contribution in [1.82, 2.24) is 24.2 Å². The quantitative estimate of drug-likeness (QED) is 0.397. The molecule has 0 aliphatic rings. The molecule has 0 radical (unpaired) electrons. The Hall–Kier alpha value is -3.85. The number of para-hydroxylation sites is 2. The Labute approximate surface area is 188 Å². The molecule has 1 N–H and O–H groups in total. The van der Waals surface area contributed by atoms with E-state index >= 15 is 0 Å². The number of fused-ring (bicyclic) bond motifs is 3. The molecule has 0 fully saturated rings. The van der Waals surface area contributed by atoms with Crippen molar-refractivity contribution in [3.8, 4) is 17.0 Å². The molecular weight excluding hydrogens is 424 g/mol. The van der Waals surface area contributed by atoms with Gasteiger partial charge in [-0.05, 0) is 25.1 Å². The Bertz CT molecular complexity index is 1420. The molecule has 2 aromatic carbocycles. The monoisotopic (exact) mass is 444 g/mol. The minimum atomic E-state index is -0.150. The molecule has 0 unspecified atom stereocenters. The summed E-state index contributed by atoms with van der Waals surface area (Å²) in [6, 6.07) is 17.5. The van der Waals surface area contributed by atoms with Crippen molar-refractivity contribution >= 4 is 34.5 Å². The number of nitrogens with zero attached hydrogens (tertiary/aromatic N) is 5. The van der Waals surface area contributed by atoms with Crippen LogP contribution in [0.1, 0.15) is 5.56 Å². The SMILES string of the molecule is COc1ccccc1NC(=O)CSc1nnc2c3cc(-c4ccc(C)cc4)nn3ccn12. The van der Waals surface area contributed by atoms with Crippen molar-refractivity contribution in [2.45, 2.75) is 12.1 Å². The molecule has 3 heterocycles. The zero-order valence-electron chi connectivity index (χ0n) is 17.5. The van der Waals surface area contributed by atoms with Crippen LogP contribution >= 0.6 is 11.8 Å². The Balaban J connectivity index is 1.36. The van der Waals surface area contributed by atoms with Crippen LogP contribution in [-0.2, 0) is 4.79 Å². The summed E-state index contributed by atoms with van der Waals surface area (Å²) < 4.78 is 8.94. The van der Waals surface area contributed by atoms with E-state index < -0.39 is 0 Å². The lowest BCUT2D eigenvalue weighted by atomic mass is 10.1. The minimum absolute atomic E-state index is 0.150. The molecule has 0 saturated carbocycles. The van der Waals surface area contributed by atoms with Crippen molar-refractivity contribution in [1.29, 1.82) is 0 Å². The van der Waals surface area contributed by atoms with E-state index in [9.17, 15) is 4.79 Å². The van der Waals surface area contributed by atoms with Crippen LogP contribution < -0.4 is 10.1 Å². The summed E-state index contributed by atoms with van der Waals surface area (Å²) in [7, 11) is 1.57. The number of thioether (sulfide) groups is 1. The second-order valence-electron chi connectivity index (χ2n) is 7.24. The van der Waals surface area contributed by atoms with Gasteiger partial charge in [0, 0.05) is 18.0 Å². The van der Waals surface area contributed by atoms with Gasteiger partial charge in [-0.15, -0.1) is 10.2 Å². The smallest absolute Gasteiger partial charge is 0.234 e. The molecule has 1 amide bonds. The Morgan fingerprint density at radius 2 is 1.91 bits per heavy atom. The molecule has 3 aromatic heterocycles. The number of rotatable bonds is 6. The standard InChI is InChI=1S/C23H20N6O2S/c1-15-7-9-16(10-8-15)18-13-19-22-25-26-23(28(22)11-12-29(19)27-18)32-14-21(30)24-17-5-3-4-6-20(17)31-2/h3-13H,14H2,1-2H3,(H,24,30). The van der Waals surface area contributed by atoms with Gasteiger partial charge in [-0.1, -0.05) is 53.7 Å². The van der Waals surface area contributed by atoms with Crippen molar-refractivity contribution in [2.75, 3.05) is 18.2 Å². The van der Waals surface area contributed by atoms with Crippen LogP contribution in [0.25, 0.3) is 22.4 Å². The van der Waals surface area contributed by atoms with E-state index in [2.05, 4.69) is 51.8 Å². The number of aromatic nitrogens is 5. The van der Waals surface area contributed by atoms with Gasteiger partial charge in [-0.3, -0.25) is 9.20 Å². The number of hydrogen-bond donors (Lipinski definition) is 1. The van der Waals surface area contributed by atoms with Crippen LogP contribution in [0.4, 0.5) is 5.69 Å². The van der Waals surface area contributed by atoms with Gasteiger partial charge in [-0.2, -0.15) is 5.10 Å². The van der Waals surface area contributed by atoms with E-state index in [1.165, 1.54) is 17.3 Å². The first-order valence-corrected chi connectivity index (χ1v) is 11.0. The molecule has 8 nitrogen and oxygen atoms in total. The van der Waals surface area contributed by atoms with E-state index in [0.717, 1.165) is 16.8 Å². The molecule has 5 aromatic rings. The lowest BCUT2D eigenvalue weighted by Crippen LogP contribution is -2.14. The predicted octanol–water partition coefficient (Wildman–Crippen LogP) is 4.09. The Morgan fingerprint density at radius 3 is 2.72 bits per heavy atom. The maximum Gasteiger partial charge on any atom is 0.234 e. The van der Waals surface area contributed by atoms with Crippen LogP contribution in [0.15, 0.2) is 72.1 Å². The molecule has 0 atom stereocenters. The van der Waals surface area contributed by atoms with Gasteiger partial charge in [0.05, 0.1) is 24.2 Å². The van der Waals surface area contributed by atoms with Gasteiger partial charge in [0.15, 0.2) is 10.8 Å². The van der Waals surface area contributed by atoms with Gasteiger partial charge in [0.1, 0.15) is 11.3 Å². The number of anilines is 1. The normalized spacial score (nSPS) is 11.2. The number of benzene rings is 2. The van der Waals surface area contributed by atoms with Gasteiger partial charge in [0.2, 0.25) is 5.91 Å². The fourth-order valence-electron chi connectivity index (χ4n) is 3.42. The van der Waals surface area contributed by atoms with Crippen molar-refractivity contribution in [3.63, 3.8) is 0 Å². The van der Waals surface area contributed by atoms with Gasteiger partial charge in [0.25, 0.3) is 0 Å². The number of methoxy groups -OCH3 is 1. The highest BCUT2D eigenvalue weighted by molar-refractivity contribution is 7.99. The first-order chi connectivity index (χ1) is 15.6. The molecule has 0 spiro atoms. The fraction of sp³-hybridized carbons (Fsp3) is 0.130. The van der Waals surface area contributed by atoms with Crippen LogP contribution in [0.3, 0.4) is 0 Å². The molecule has 0 saturated heterocycles. The highest BCUT2D eigenvalue weighted by Gasteiger charge is 2.15. The summed E-state index contributed by atoms with van der Waals surface area (Å²) in [5.41, 5.74) is 5.28. The second kappa shape index (κ2) is 8.35. The largest absolute Gasteiger partial charge is 0.495 e. The van der Waals surface area contributed by atoms with E-state index in [1.807, 2.05) is 35.0 Å². The number of amides is 1. The second-order valence-corrected chi connectivity index (χ2v) is 8.18. The topological polar surface area (TPSA) is 85.8 Å². The van der Waals surface area contributed by atoms with Gasteiger partial charge < -0.3 is 10.1 Å². The van der Waals surface area contributed by atoms with Crippen LogP contribution in [0.5, 0.6) is 5.75 Å². The lowest BCUT2D eigenvalue weighted by Gasteiger charge is -2.09. The minimum Gasteiger partial charge on any atom is -0.495 e. The summed E-state index contributed by atoms with van der Waals surface area (Å²) in [6.45, 7) is 2.06. The van der Waals surface area contributed by atoms with E-state index in [-0.39, 0.29) is 11.7 Å². The summed E-state index contributed by atoms with van der Waals surface area (Å²) in [6.07, 6.45) is 3.72. The first kappa shape index (κ1) is 20.1. The summed E-state index contributed by atoms with van der Waals surface area (Å²) in [4.78, 5) is 12.4. The van der Waals surface area contributed by atoms with E-state index in [4.69, 9.17) is 4.74 Å². The number of aryl methyl sites for hydroxylation is 1. The van der Waals surface area contributed by atoms with Crippen molar-refractivity contribution < 1.29 is 9.53 Å². The predicted molar refractivity (Wildman–Crippen MR) is 124 cm³/mol. The Morgan fingerprint density at radius 1 is 1.09 bits per heavy atom. The maximum absolute atomic E-state index is 12.4. The van der Waals surface area contributed by atoms with E-state index in [1.54, 1.807) is 23.8 Å². The molecule has 0 aliphatic heterocycles. The van der Waals surface area contributed by atoms with Crippen LogP contribution in [0, 0.1) is 6.92 Å².